The van der Waals surface area contributed by atoms with Gasteiger partial charge in [-0.3, -0.25) is 14.2 Å². The molecule has 1 amide bonds. The highest BCUT2D eigenvalue weighted by Crippen LogP contribution is 2.33. The molecule has 2 aromatic heterocycles. The maximum Gasteiger partial charge on any atom is 0.265 e. The van der Waals surface area contributed by atoms with Crippen LogP contribution in [0.2, 0.25) is 0 Å². The van der Waals surface area contributed by atoms with Crippen molar-refractivity contribution in [1.82, 2.24) is 29.5 Å². The van der Waals surface area contributed by atoms with Crippen molar-refractivity contribution in [3.63, 3.8) is 0 Å². The first-order chi connectivity index (χ1) is 14.4. The highest BCUT2D eigenvalue weighted by Gasteiger charge is 2.29. The molecular weight excluding hydrogens is 407 g/mol. The molecule has 10 heteroatoms. The smallest absolute Gasteiger partial charge is 0.265 e. The molecule has 1 aliphatic rings. The minimum atomic E-state index is -0.345. The lowest BCUT2D eigenvalue weighted by Crippen LogP contribution is -2.32. The number of rotatable bonds is 7. The Morgan fingerprint density at radius 2 is 2.10 bits per heavy atom. The molecule has 1 atom stereocenters. The molecule has 3 aromatic rings. The van der Waals surface area contributed by atoms with Crippen molar-refractivity contribution in [3.8, 4) is 5.69 Å². The van der Waals surface area contributed by atoms with Crippen LogP contribution in [0.3, 0.4) is 0 Å². The number of hydrogen-bond acceptors (Lipinski definition) is 6. The summed E-state index contributed by atoms with van der Waals surface area (Å²) in [4.78, 5) is 32.1. The van der Waals surface area contributed by atoms with Gasteiger partial charge in [0, 0.05) is 18.7 Å². The van der Waals surface area contributed by atoms with Gasteiger partial charge in [-0.25, -0.2) is 14.1 Å². The lowest BCUT2D eigenvalue weighted by atomic mass is 10.2. The Labute approximate surface area is 177 Å². The molecule has 0 saturated heterocycles. The number of thioether (sulfide) groups is 1. The van der Waals surface area contributed by atoms with E-state index in [4.69, 9.17) is 0 Å². The summed E-state index contributed by atoms with van der Waals surface area (Å²) in [6.45, 7) is 1.52. The number of hydrogen-bond donors (Lipinski definition) is 1. The van der Waals surface area contributed by atoms with Gasteiger partial charge < -0.3 is 10.2 Å². The van der Waals surface area contributed by atoms with Crippen molar-refractivity contribution < 1.29 is 9.18 Å². The molecule has 0 radical (unpaired) electrons. The number of benzene rings is 1. The van der Waals surface area contributed by atoms with Crippen molar-refractivity contribution in [2.24, 2.45) is 0 Å². The van der Waals surface area contributed by atoms with Crippen LogP contribution in [0.25, 0.3) is 16.7 Å². The van der Waals surface area contributed by atoms with E-state index in [1.54, 1.807) is 16.7 Å². The van der Waals surface area contributed by atoms with Crippen LogP contribution < -0.4 is 10.9 Å². The molecule has 8 nitrogen and oxygen atoms in total. The first-order valence-corrected chi connectivity index (χ1v) is 10.7. The molecule has 4 rings (SSSR count). The van der Waals surface area contributed by atoms with Crippen LogP contribution in [0.5, 0.6) is 0 Å². The Balaban J connectivity index is 1.55. The van der Waals surface area contributed by atoms with E-state index in [2.05, 4.69) is 20.3 Å². The lowest BCUT2D eigenvalue weighted by Gasteiger charge is -2.14. The summed E-state index contributed by atoms with van der Waals surface area (Å²) in [5, 5.41) is 8.15. The van der Waals surface area contributed by atoms with E-state index >= 15 is 0 Å². The van der Waals surface area contributed by atoms with Crippen LogP contribution in [0.1, 0.15) is 18.9 Å². The van der Waals surface area contributed by atoms with Gasteiger partial charge in [-0.15, -0.1) is 0 Å². The average Bonchev–Trinajstić information content (AvgIpc) is 3.31. The van der Waals surface area contributed by atoms with Crippen LogP contribution in [0, 0.1) is 5.82 Å². The molecule has 0 fully saturated rings. The quantitative estimate of drug-likeness (QED) is 0.455. The van der Waals surface area contributed by atoms with E-state index in [1.165, 1.54) is 34.8 Å². The minimum Gasteiger partial charge on any atom is -0.356 e. The van der Waals surface area contributed by atoms with Crippen molar-refractivity contribution in [2.45, 2.75) is 24.0 Å². The minimum absolute atomic E-state index is 0.0683. The normalized spacial score (nSPS) is 15.7. The van der Waals surface area contributed by atoms with Gasteiger partial charge in [-0.05, 0) is 51.3 Å². The predicted molar refractivity (Wildman–Crippen MR) is 114 cm³/mol. The van der Waals surface area contributed by atoms with E-state index in [-0.39, 0.29) is 29.7 Å². The molecule has 1 N–H and O–H groups in total. The third-order valence-corrected chi connectivity index (χ3v) is 6.06. The van der Waals surface area contributed by atoms with Crippen LogP contribution >= 0.6 is 11.8 Å². The Morgan fingerprint density at radius 1 is 1.33 bits per heavy atom. The van der Waals surface area contributed by atoms with Crippen LogP contribution in [0.4, 0.5) is 4.39 Å². The number of carbonyl (C=O) groups is 1. The summed E-state index contributed by atoms with van der Waals surface area (Å²) in [5.74, 6) is 0.202. The van der Waals surface area contributed by atoms with Gasteiger partial charge in [-0.1, -0.05) is 11.8 Å². The van der Waals surface area contributed by atoms with Crippen LogP contribution in [0.15, 0.2) is 40.4 Å². The van der Waals surface area contributed by atoms with Crippen molar-refractivity contribution >= 4 is 28.7 Å². The molecule has 1 aromatic carbocycles. The van der Waals surface area contributed by atoms with Crippen molar-refractivity contribution in [2.75, 3.05) is 32.9 Å². The Bertz CT molecular complexity index is 1120. The molecule has 0 aliphatic carbocycles. The standard InChI is InChI=1S/C20H23FN6O2S/c1-25(2)9-3-8-22-17(28)10-15-12-30-20-24-18-16(19(29)26(15)20)11-23-27(18)14-6-4-13(21)5-7-14/h4-7,11,15H,3,8-10,12H2,1-2H3,(H,22,28)/t15-/m1/s1. The highest BCUT2D eigenvalue weighted by atomic mass is 32.2. The Morgan fingerprint density at radius 3 is 2.83 bits per heavy atom. The molecular formula is C20H23FN6O2S. The summed E-state index contributed by atoms with van der Waals surface area (Å²) in [5.41, 5.74) is 0.845. The highest BCUT2D eigenvalue weighted by molar-refractivity contribution is 7.99. The first-order valence-electron chi connectivity index (χ1n) is 9.74. The fourth-order valence-corrected chi connectivity index (χ4v) is 4.59. The fraction of sp³-hybridized carbons (Fsp3) is 0.400. The molecule has 0 spiro atoms. The van der Waals surface area contributed by atoms with E-state index in [0.717, 1.165) is 13.0 Å². The molecule has 0 saturated carbocycles. The van der Waals surface area contributed by atoms with E-state index in [9.17, 15) is 14.0 Å². The lowest BCUT2D eigenvalue weighted by molar-refractivity contribution is -0.121. The second-order valence-electron chi connectivity index (χ2n) is 7.52. The number of nitrogens with one attached hydrogen (secondary N) is 1. The predicted octanol–water partition coefficient (Wildman–Crippen LogP) is 1.83. The van der Waals surface area contributed by atoms with Crippen LogP contribution in [-0.2, 0) is 4.79 Å². The van der Waals surface area contributed by atoms with E-state index < -0.39 is 0 Å². The summed E-state index contributed by atoms with van der Waals surface area (Å²) >= 11 is 1.45. The topological polar surface area (TPSA) is 85.1 Å². The van der Waals surface area contributed by atoms with Gasteiger partial charge in [0.2, 0.25) is 5.91 Å². The Hall–Kier alpha value is -2.72. The number of nitrogens with zero attached hydrogens (tertiary/aromatic N) is 5. The second-order valence-corrected chi connectivity index (χ2v) is 8.50. The average molecular weight is 431 g/mol. The third kappa shape index (κ3) is 4.10. The van der Waals surface area contributed by atoms with E-state index in [0.29, 0.717) is 34.2 Å². The zero-order chi connectivity index (χ0) is 21.3. The maximum absolute atomic E-state index is 13.2. The van der Waals surface area contributed by atoms with Crippen molar-refractivity contribution in [1.29, 1.82) is 0 Å². The maximum atomic E-state index is 13.2. The SMILES string of the molecule is CN(C)CCCNC(=O)C[C@@H]1CSc2nc3c(cnn3-c3ccc(F)cc3)c(=O)n21. The molecule has 1 aliphatic heterocycles. The van der Waals surface area contributed by atoms with E-state index in [1.807, 2.05) is 14.1 Å². The largest absolute Gasteiger partial charge is 0.356 e. The van der Waals surface area contributed by atoms with Gasteiger partial charge in [0.25, 0.3) is 5.56 Å². The zero-order valence-corrected chi connectivity index (χ0v) is 17.7. The number of halogens is 1. The van der Waals surface area contributed by atoms with Gasteiger partial charge in [0.1, 0.15) is 11.2 Å². The van der Waals surface area contributed by atoms with Gasteiger partial charge in [0.15, 0.2) is 10.8 Å². The number of aromatic nitrogens is 4. The molecule has 0 unspecified atom stereocenters. The molecule has 30 heavy (non-hydrogen) atoms. The molecule has 158 valence electrons. The van der Waals surface area contributed by atoms with Crippen LogP contribution in [-0.4, -0.2) is 63.1 Å². The number of amides is 1. The number of carbonyl (C=O) groups excluding carboxylic acids is 1. The summed E-state index contributed by atoms with van der Waals surface area (Å²) in [7, 11) is 3.99. The fourth-order valence-electron chi connectivity index (χ4n) is 3.46. The number of fused-ring (bicyclic) bond motifs is 2. The summed E-state index contributed by atoms with van der Waals surface area (Å²) in [6.07, 6.45) is 2.59. The molecule has 3 heterocycles. The third-order valence-electron chi connectivity index (χ3n) is 4.97. The summed E-state index contributed by atoms with van der Waals surface area (Å²) in [6, 6.07) is 5.61. The molecule has 0 bridgehead atoms. The van der Waals surface area contributed by atoms with Gasteiger partial charge in [0.05, 0.1) is 17.9 Å². The first kappa shape index (κ1) is 20.5. The van der Waals surface area contributed by atoms with Gasteiger partial charge >= 0.3 is 0 Å². The summed E-state index contributed by atoms with van der Waals surface area (Å²) < 4.78 is 16.4. The second kappa shape index (κ2) is 8.57. The Kier molecular flexibility index (Phi) is 5.87. The van der Waals surface area contributed by atoms with Crippen molar-refractivity contribution in [3.05, 3.63) is 46.6 Å². The monoisotopic (exact) mass is 430 g/mol. The van der Waals surface area contributed by atoms with Gasteiger partial charge in [-0.2, -0.15) is 5.10 Å². The zero-order valence-electron chi connectivity index (χ0n) is 16.8.